The summed E-state index contributed by atoms with van der Waals surface area (Å²) in [5.41, 5.74) is 1.45. The lowest BCUT2D eigenvalue weighted by molar-refractivity contribution is 0.0518. The molecule has 2 heterocycles. The van der Waals surface area contributed by atoms with E-state index in [-0.39, 0.29) is 18.2 Å². The van der Waals surface area contributed by atoms with Crippen LogP contribution in [-0.2, 0) is 17.2 Å². The summed E-state index contributed by atoms with van der Waals surface area (Å²) in [6.07, 6.45) is 1.64. The second kappa shape index (κ2) is 7.03. The number of alkyl halides is 1. The molecule has 0 atom stereocenters. The fourth-order valence-corrected chi connectivity index (χ4v) is 2.10. The molecular weight excluding hydrogens is 296 g/mol. The van der Waals surface area contributed by atoms with Gasteiger partial charge in [-0.2, -0.15) is 0 Å². The lowest BCUT2D eigenvalue weighted by Gasteiger charge is -2.08. The zero-order chi connectivity index (χ0) is 15.2. The normalized spacial score (nSPS) is 10.4. The lowest BCUT2D eigenvalue weighted by Crippen LogP contribution is -2.11. The number of pyridine rings is 1. The molecule has 0 saturated heterocycles. The third-order valence-corrected chi connectivity index (χ3v) is 3.05. The number of nitrogens with zero attached hydrogens (tertiary/aromatic N) is 4. The summed E-state index contributed by atoms with van der Waals surface area (Å²) in [6.45, 7) is 2.35. The number of methoxy groups -OCH3 is 1. The molecule has 0 spiro atoms. The van der Waals surface area contributed by atoms with Crippen molar-refractivity contribution in [3.05, 3.63) is 35.3 Å². The van der Waals surface area contributed by atoms with Crippen LogP contribution in [0.2, 0.25) is 0 Å². The van der Waals surface area contributed by atoms with Gasteiger partial charge in [0, 0.05) is 11.8 Å². The van der Waals surface area contributed by atoms with E-state index in [0.717, 1.165) is 5.56 Å². The number of aromatic nitrogens is 4. The van der Waals surface area contributed by atoms with Gasteiger partial charge in [-0.3, -0.25) is 0 Å². The standard InChI is InChI=1S/C13H15ClN4O3/c1-3-21-13(19)11-10(7-14)18(17-16-11)8-9-5-4-6-15-12(9)20-2/h4-6H,3,7-8H2,1-2H3. The Morgan fingerprint density at radius 2 is 2.29 bits per heavy atom. The predicted octanol–water partition coefficient (Wildman–Crippen LogP) is 1.65. The highest BCUT2D eigenvalue weighted by Crippen LogP contribution is 2.17. The van der Waals surface area contributed by atoms with Crippen LogP contribution in [0.25, 0.3) is 0 Å². The van der Waals surface area contributed by atoms with E-state index in [2.05, 4.69) is 15.3 Å². The van der Waals surface area contributed by atoms with Gasteiger partial charge in [0.15, 0.2) is 5.69 Å². The van der Waals surface area contributed by atoms with Crippen molar-refractivity contribution in [2.75, 3.05) is 13.7 Å². The van der Waals surface area contributed by atoms with Crippen LogP contribution in [0.4, 0.5) is 0 Å². The SMILES string of the molecule is CCOC(=O)c1nnn(Cc2cccnc2OC)c1CCl. The second-order valence-corrected chi connectivity index (χ2v) is 4.34. The largest absolute Gasteiger partial charge is 0.481 e. The van der Waals surface area contributed by atoms with Crippen LogP contribution in [0, 0.1) is 0 Å². The van der Waals surface area contributed by atoms with Gasteiger partial charge in [-0.1, -0.05) is 11.3 Å². The third-order valence-electron chi connectivity index (χ3n) is 2.80. The van der Waals surface area contributed by atoms with Crippen LogP contribution in [-0.4, -0.2) is 39.7 Å². The van der Waals surface area contributed by atoms with E-state index >= 15 is 0 Å². The number of rotatable bonds is 6. The zero-order valence-corrected chi connectivity index (χ0v) is 12.5. The maximum atomic E-state index is 11.8. The molecule has 112 valence electrons. The molecule has 8 heteroatoms. The molecule has 0 amide bonds. The Labute approximate surface area is 126 Å². The minimum absolute atomic E-state index is 0.101. The highest BCUT2D eigenvalue weighted by Gasteiger charge is 2.20. The molecule has 0 saturated carbocycles. The maximum Gasteiger partial charge on any atom is 0.360 e. The van der Waals surface area contributed by atoms with Gasteiger partial charge in [0.05, 0.1) is 31.8 Å². The summed E-state index contributed by atoms with van der Waals surface area (Å²) in [6, 6.07) is 3.65. The third kappa shape index (κ3) is 3.30. The van der Waals surface area contributed by atoms with E-state index in [4.69, 9.17) is 21.1 Å². The molecule has 0 fully saturated rings. The molecule has 21 heavy (non-hydrogen) atoms. The number of hydrogen-bond donors (Lipinski definition) is 0. The number of carbonyl (C=O) groups is 1. The van der Waals surface area contributed by atoms with Crippen molar-refractivity contribution < 1.29 is 14.3 Å². The van der Waals surface area contributed by atoms with Gasteiger partial charge in [0.2, 0.25) is 5.88 Å². The molecular formula is C13H15ClN4O3. The fourth-order valence-electron chi connectivity index (χ4n) is 1.84. The molecule has 0 N–H and O–H groups in total. The minimum atomic E-state index is -0.530. The number of carbonyl (C=O) groups excluding carboxylic acids is 1. The van der Waals surface area contributed by atoms with Crippen molar-refractivity contribution in [3.8, 4) is 5.88 Å². The van der Waals surface area contributed by atoms with Gasteiger partial charge in [-0.15, -0.1) is 16.7 Å². The topological polar surface area (TPSA) is 79.1 Å². The van der Waals surface area contributed by atoms with Crippen LogP contribution in [0.3, 0.4) is 0 Å². The summed E-state index contributed by atoms with van der Waals surface area (Å²) >= 11 is 5.91. The zero-order valence-electron chi connectivity index (χ0n) is 11.7. The highest BCUT2D eigenvalue weighted by atomic mass is 35.5. The average Bonchev–Trinajstić information content (AvgIpc) is 2.91. The van der Waals surface area contributed by atoms with E-state index in [9.17, 15) is 4.79 Å². The summed E-state index contributed by atoms with van der Waals surface area (Å²) in [4.78, 5) is 15.9. The first-order valence-electron chi connectivity index (χ1n) is 6.34. The van der Waals surface area contributed by atoms with Crippen molar-refractivity contribution in [1.29, 1.82) is 0 Å². The maximum absolute atomic E-state index is 11.8. The van der Waals surface area contributed by atoms with Crippen LogP contribution in [0.1, 0.15) is 28.7 Å². The Bertz CT molecular complexity index is 630. The Morgan fingerprint density at radius 1 is 1.48 bits per heavy atom. The molecule has 0 bridgehead atoms. The van der Waals surface area contributed by atoms with E-state index in [1.807, 2.05) is 6.07 Å². The van der Waals surface area contributed by atoms with Crippen LogP contribution in [0.15, 0.2) is 18.3 Å². The van der Waals surface area contributed by atoms with Crippen molar-refractivity contribution >= 4 is 17.6 Å². The van der Waals surface area contributed by atoms with Crippen molar-refractivity contribution in [2.24, 2.45) is 0 Å². The van der Waals surface area contributed by atoms with Gasteiger partial charge >= 0.3 is 5.97 Å². The number of halogens is 1. The average molecular weight is 311 g/mol. The van der Waals surface area contributed by atoms with E-state index < -0.39 is 5.97 Å². The lowest BCUT2D eigenvalue weighted by atomic mass is 10.2. The molecule has 2 aromatic rings. The van der Waals surface area contributed by atoms with Gasteiger partial charge in [0.25, 0.3) is 0 Å². The van der Waals surface area contributed by atoms with Gasteiger partial charge in [-0.05, 0) is 13.0 Å². The summed E-state index contributed by atoms with van der Waals surface area (Å²) in [5, 5.41) is 7.81. The molecule has 0 unspecified atom stereocenters. The molecule has 2 aromatic heterocycles. The van der Waals surface area contributed by atoms with Crippen LogP contribution >= 0.6 is 11.6 Å². The first kappa shape index (κ1) is 15.2. The van der Waals surface area contributed by atoms with Crippen LogP contribution < -0.4 is 4.74 Å². The van der Waals surface area contributed by atoms with E-state index in [1.54, 1.807) is 31.0 Å². The molecule has 0 aliphatic carbocycles. The monoisotopic (exact) mass is 310 g/mol. The molecule has 7 nitrogen and oxygen atoms in total. The predicted molar refractivity (Wildman–Crippen MR) is 75.4 cm³/mol. The minimum Gasteiger partial charge on any atom is -0.481 e. The van der Waals surface area contributed by atoms with E-state index in [0.29, 0.717) is 18.1 Å². The van der Waals surface area contributed by atoms with Gasteiger partial charge in [0.1, 0.15) is 0 Å². The molecule has 0 aliphatic rings. The van der Waals surface area contributed by atoms with Gasteiger partial charge in [-0.25, -0.2) is 14.5 Å². The summed E-state index contributed by atoms with van der Waals surface area (Å²) in [7, 11) is 1.54. The molecule has 0 aliphatic heterocycles. The number of ether oxygens (including phenoxy) is 2. The highest BCUT2D eigenvalue weighted by molar-refractivity contribution is 6.17. The Morgan fingerprint density at radius 3 is 2.95 bits per heavy atom. The van der Waals surface area contributed by atoms with Crippen molar-refractivity contribution in [2.45, 2.75) is 19.3 Å². The molecule has 0 radical (unpaired) electrons. The Hall–Kier alpha value is -2.15. The fraction of sp³-hybridized carbons (Fsp3) is 0.385. The Balaban J connectivity index is 2.30. The number of hydrogen-bond acceptors (Lipinski definition) is 6. The van der Waals surface area contributed by atoms with Crippen LogP contribution in [0.5, 0.6) is 5.88 Å². The van der Waals surface area contributed by atoms with Crippen molar-refractivity contribution in [3.63, 3.8) is 0 Å². The quantitative estimate of drug-likeness (QED) is 0.596. The second-order valence-electron chi connectivity index (χ2n) is 4.07. The smallest absolute Gasteiger partial charge is 0.360 e. The first-order valence-corrected chi connectivity index (χ1v) is 6.88. The Kier molecular flexibility index (Phi) is 5.10. The van der Waals surface area contributed by atoms with Gasteiger partial charge < -0.3 is 9.47 Å². The van der Waals surface area contributed by atoms with E-state index in [1.165, 1.54) is 0 Å². The summed E-state index contributed by atoms with van der Waals surface area (Å²) < 4.78 is 11.7. The first-order chi connectivity index (χ1) is 10.2. The molecule has 0 aromatic carbocycles. The molecule has 2 rings (SSSR count). The summed E-state index contributed by atoms with van der Waals surface area (Å²) in [5.74, 6) is 0.0627. The number of esters is 1. The van der Waals surface area contributed by atoms with Crippen molar-refractivity contribution in [1.82, 2.24) is 20.0 Å².